The first-order valence-corrected chi connectivity index (χ1v) is 7.69. The molecule has 0 saturated carbocycles. The average Bonchev–Trinajstić information content (AvgIpc) is 2.88. The average molecular weight is 279 g/mol. The summed E-state index contributed by atoms with van der Waals surface area (Å²) in [6.07, 6.45) is 4.77. The number of nitrogens with one attached hydrogen (secondary N) is 1. The van der Waals surface area contributed by atoms with Crippen molar-refractivity contribution in [2.75, 3.05) is 40.3 Å². The Balaban J connectivity index is 1.74. The molecule has 0 bridgehead atoms. The number of rotatable bonds is 2. The molecule has 2 atom stereocenters. The fourth-order valence-electron chi connectivity index (χ4n) is 3.14. The van der Waals surface area contributed by atoms with Crippen LogP contribution in [-0.2, 0) is 0 Å². The Morgan fingerprint density at radius 3 is 2.90 bits per heavy atom. The predicted molar refractivity (Wildman–Crippen MR) is 76.4 cm³/mol. The van der Waals surface area contributed by atoms with Crippen LogP contribution in [0.5, 0.6) is 0 Å². The maximum atomic E-state index is 5.51. The van der Waals surface area contributed by atoms with Gasteiger partial charge in [-0.3, -0.25) is 4.90 Å². The second kappa shape index (κ2) is 6.20. The maximum Gasteiger partial charge on any atom is 0.243 e. The summed E-state index contributed by atoms with van der Waals surface area (Å²) in [7, 11) is 4.31. The van der Waals surface area contributed by atoms with E-state index in [9.17, 15) is 0 Å². The summed E-state index contributed by atoms with van der Waals surface area (Å²) in [4.78, 5) is 9.37. The second-order valence-corrected chi connectivity index (χ2v) is 6.11. The first-order chi connectivity index (χ1) is 9.74. The van der Waals surface area contributed by atoms with E-state index in [0.29, 0.717) is 0 Å². The largest absolute Gasteiger partial charge is 0.338 e. The van der Waals surface area contributed by atoms with E-state index in [4.69, 9.17) is 4.52 Å². The van der Waals surface area contributed by atoms with Gasteiger partial charge in [-0.15, -0.1) is 0 Å². The summed E-state index contributed by atoms with van der Waals surface area (Å²) in [6.45, 7) is 4.23. The normalized spacial score (nSPS) is 30.3. The summed E-state index contributed by atoms with van der Waals surface area (Å²) in [5.74, 6) is 1.60. The summed E-state index contributed by atoms with van der Waals surface area (Å²) in [6, 6.07) is 0.488. The zero-order chi connectivity index (χ0) is 13.9. The van der Waals surface area contributed by atoms with Gasteiger partial charge in [0, 0.05) is 6.54 Å². The molecule has 3 rings (SSSR count). The van der Waals surface area contributed by atoms with Gasteiger partial charge in [-0.25, -0.2) is 0 Å². The Bertz CT molecular complexity index is 429. The van der Waals surface area contributed by atoms with Crippen LogP contribution in [0.25, 0.3) is 0 Å². The minimum absolute atomic E-state index is 0.239. The van der Waals surface area contributed by atoms with E-state index in [0.717, 1.165) is 44.3 Å². The van der Waals surface area contributed by atoms with Crippen LogP contribution in [0, 0.1) is 0 Å². The molecule has 2 aliphatic heterocycles. The molecule has 2 unspecified atom stereocenters. The van der Waals surface area contributed by atoms with Crippen molar-refractivity contribution in [1.29, 1.82) is 0 Å². The predicted octanol–water partition coefficient (Wildman–Crippen LogP) is 1.19. The van der Waals surface area contributed by atoms with E-state index in [1.165, 1.54) is 19.3 Å². The summed E-state index contributed by atoms with van der Waals surface area (Å²) < 4.78 is 5.51. The lowest BCUT2D eigenvalue weighted by Gasteiger charge is -2.24. The first-order valence-electron chi connectivity index (χ1n) is 7.69. The Labute approximate surface area is 120 Å². The zero-order valence-electron chi connectivity index (χ0n) is 12.5. The molecule has 3 heterocycles. The molecule has 1 aromatic heterocycles. The standard InChI is InChI=1S/C14H25N5O/c1-18-8-5-9-19(2)12(10-18)13-16-14(20-17-13)11-6-3-4-7-15-11/h11-12,15H,3-10H2,1-2H3. The summed E-state index contributed by atoms with van der Waals surface area (Å²) in [5, 5.41) is 7.71. The molecule has 0 aliphatic carbocycles. The molecule has 2 fully saturated rings. The minimum atomic E-state index is 0.239. The lowest BCUT2D eigenvalue weighted by Crippen LogP contribution is -2.31. The zero-order valence-corrected chi connectivity index (χ0v) is 12.5. The van der Waals surface area contributed by atoms with Crippen molar-refractivity contribution in [1.82, 2.24) is 25.3 Å². The maximum absolute atomic E-state index is 5.51. The molecule has 2 aliphatic rings. The van der Waals surface area contributed by atoms with Crippen molar-refractivity contribution in [2.24, 2.45) is 0 Å². The number of piperidine rings is 1. The molecule has 6 nitrogen and oxygen atoms in total. The van der Waals surface area contributed by atoms with Gasteiger partial charge in [0.05, 0.1) is 12.1 Å². The van der Waals surface area contributed by atoms with Crippen LogP contribution in [0.1, 0.15) is 49.5 Å². The highest BCUT2D eigenvalue weighted by Crippen LogP contribution is 2.25. The van der Waals surface area contributed by atoms with Gasteiger partial charge in [0.2, 0.25) is 5.89 Å². The number of likely N-dealkylation sites (N-methyl/N-ethyl adjacent to an activating group) is 2. The molecule has 0 aromatic carbocycles. The Morgan fingerprint density at radius 1 is 1.20 bits per heavy atom. The van der Waals surface area contributed by atoms with Crippen LogP contribution in [0.15, 0.2) is 4.52 Å². The van der Waals surface area contributed by atoms with E-state index in [2.05, 4.69) is 39.4 Å². The highest BCUT2D eigenvalue weighted by atomic mass is 16.5. The topological polar surface area (TPSA) is 57.4 Å². The number of hydrogen-bond donors (Lipinski definition) is 1. The second-order valence-electron chi connectivity index (χ2n) is 6.11. The van der Waals surface area contributed by atoms with Crippen LogP contribution in [0.4, 0.5) is 0 Å². The summed E-state index contributed by atoms with van der Waals surface area (Å²) in [5.41, 5.74) is 0. The molecule has 0 spiro atoms. The van der Waals surface area contributed by atoms with E-state index < -0.39 is 0 Å². The van der Waals surface area contributed by atoms with Crippen LogP contribution in [-0.4, -0.2) is 60.2 Å². The molecular formula is C14H25N5O. The van der Waals surface area contributed by atoms with E-state index in [-0.39, 0.29) is 12.1 Å². The van der Waals surface area contributed by atoms with Gasteiger partial charge >= 0.3 is 0 Å². The SMILES string of the molecule is CN1CCCN(C)C(c2noc(C3CCCCN3)n2)C1. The van der Waals surface area contributed by atoms with Gasteiger partial charge in [-0.05, 0) is 53.0 Å². The Hall–Kier alpha value is -0.980. The van der Waals surface area contributed by atoms with Crippen LogP contribution >= 0.6 is 0 Å². The number of hydrogen-bond acceptors (Lipinski definition) is 6. The lowest BCUT2D eigenvalue weighted by atomic mass is 10.1. The van der Waals surface area contributed by atoms with Crippen molar-refractivity contribution in [2.45, 2.75) is 37.8 Å². The molecule has 20 heavy (non-hydrogen) atoms. The van der Waals surface area contributed by atoms with Crippen LogP contribution < -0.4 is 5.32 Å². The first kappa shape index (κ1) is 14.0. The van der Waals surface area contributed by atoms with Gasteiger partial charge in [0.1, 0.15) is 0 Å². The fraction of sp³-hybridized carbons (Fsp3) is 0.857. The highest BCUT2D eigenvalue weighted by molar-refractivity contribution is 5.00. The van der Waals surface area contributed by atoms with Crippen molar-refractivity contribution >= 4 is 0 Å². The fourth-order valence-corrected chi connectivity index (χ4v) is 3.14. The van der Waals surface area contributed by atoms with Crippen LogP contribution in [0.2, 0.25) is 0 Å². The van der Waals surface area contributed by atoms with Gasteiger partial charge < -0.3 is 14.7 Å². The third-order valence-electron chi connectivity index (χ3n) is 4.43. The van der Waals surface area contributed by atoms with E-state index in [1.54, 1.807) is 0 Å². The van der Waals surface area contributed by atoms with Gasteiger partial charge in [0.15, 0.2) is 5.82 Å². The van der Waals surface area contributed by atoms with E-state index >= 15 is 0 Å². The van der Waals surface area contributed by atoms with Crippen molar-refractivity contribution in [3.63, 3.8) is 0 Å². The molecular weight excluding hydrogens is 254 g/mol. The molecule has 2 saturated heterocycles. The highest BCUT2D eigenvalue weighted by Gasteiger charge is 2.28. The summed E-state index contributed by atoms with van der Waals surface area (Å²) >= 11 is 0. The van der Waals surface area contributed by atoms with Gasteiger partial charge in [-0.2, -0.15) is 4.98 Å². The quantitative estimate of drug-likeness (QED) is 0.877. The monoisotopic (exact) mass is 279 g/mol. The molecule has 0 amide bonds. The number of aromatic nitrogens is 2. The molecule has 1 aromatic rings. The van der Waals surface area contributed by atoms with Crippen molar-refractivity contribution < 1.29 is 4.52 Å². The Morgan fingerprint density at radius 2 is 2.10 bits per heavy atom. The molecule has 0 radical (unpaired) electrons. The van der Waals surface area contributed by atoms with Gasteiger partial charge in [-0.1, -0.05) is 11.6 Å². The van der Waals surface area contributed by atoms with Crippen molar-refractivity contribution in [3.05, 3.63) is 11.7 Å². The molecule has 1 N–H and O–H groups in total. The minimum Gasteiger partial charge on any atom is -0.338 e. The Kier molecular flexibility index (Phi) is 4.33. The van der Waals surface area contributed by atoms with Gasteiger partial charge in [0.25, 0.3) is 0 Å². The smallest absolute Gasteiger partial charge is 0.243 e. The van der Waals surface area contributed by atoms with Crippen molar-refractivity contribution in [3.8, 4) is 0 Å². The molecule has 6 heteroatoms. The van der Waals surface area contributed by atoms with E-state index in [1.807, 2.05) is 0 Å². The van der Waals surface area contributed by atoms with Crippen LogP contribution in [0.3, 0.4) is 0 Å². The number of nitrogens with zero attached hydrogens (tertiary/aromatic N) is 4. The third kappa shape index (κ3) is 3.02. The lowest BCUT2D eigenvalue weighted by molar-refractivity contribution is 0.214. The third-order valence-corrected chi connectivity index (χ3v) is 4.43. The molecule has 112 valence electrons.